The molecule has 2 aromatic heterocycles. The van der Waals surface area contributed by atoms with E-state index in [0.29, 0.717) is 12.1 Å². The maximum absolute atomic E-state index is 12.2. The van der Waals surface area contributed by atoms with Crippen molar-refractivity contribution in [3.05, 3.63) is 47.5 Å². The predicted molar refractivity (Wildman–Crippen MR) is 110 cm³/mol. The molecule has 150 valence electrons. The topological polar surface area (TPSA) is 78.4 Å². The van der Waals surface area contributed by atoms with Crippen LogP contribution in [0.25, 0.3) is 0 Å². The minimum atomic E-state index is -0.266. The first-order valence-corrected chi connectivity index (χ1v) is 10.4. The number of ketones is 1. The van der Waals surface area contributed by atoms with E-state index < -0.39 is 0 Å². The quantitative estimate of drug-likeness (QED) is 0.789. The lowest BCUT2D eigenvalue weighted by Gasteiger charge is -2.35. The SMILES string of the molecule is CCC(=O)c1ccc(N2CCN(Cc3cc4c(cn3)C3(CC3)C(=O)N4)CC2)cn1. The van der Waals surface area contributed by atoms with Gasteiger partial charge in [0.05, 0.1) is 23.0 Å². The van der Waals surface area contributed by atoms with Crippen LogP contribution in [-0.2, 0) is 16.8 Å². The molecule has 3 aliphatic rings. The summed E-state index contributed by atoms with van der Waals surface area (Å²) in [7, 11) is 0. The smallest absolute Gasteiger partial charge is 0.235 e. The third-order valence-corrected chi connectivity index (χ3v) is 6.39. The van der Waals surface area contributed by atoms with Gasteiger partial charge >= 0.3 is 0 Å². The molecule has 0 radical (unpaired) electrons. The van der Waals surface area contributed by atoms with Crippen molar-refractivity contribution in [3.63, 3.8) is 0 Å². The third kappa shape index (κ3) is 3.19. The van der Waals surface area contributed by atoms with E-state index in [9.17, 15) is 9.59 Å². The summed E-state index contributed by atoms with van der Waals surface area (Å²) in [5, 5.41) is 3.04. The van der Waals surface area contributed by atoms with E-state index in [1.807, 2.05) is 31.3 Å². The molecule has 0 unspecified atom stereocenters. The van der Waals surface area contributed by atoms with Crippen molar-refractivity contribution in [2.45, 2.75) is 38.1 Å². The van der Waals surface area contributed by atoms with E-state index in [1.165, 1.54) is 0 Å². The molecule has 1 aliphatic carbocycles. The number of Topliss-reactive ketones (excluding diaryl/α,β-unsaturated/α-hetero) is 1. The Kier molecular flexibility index (Phi) is 4.35. The summed E-state index contributed by atoms with van der Waals surface area (Å²) in [6.45, 7) is 6.33. The van der Waals surface area contributed by atoms with Gasteiger partial charge in [-0.2, -0.15) is 0 Å². The zero-order chi connectivity index (χ0) is 20.0. The number of anilines is 2. The third-order valence-electron chi connectivity index (χ3n) is 6.39. The molecule has 1 spiro atoms. The number of carbonyl (C=O) groups excluding carboxylic acids is 2. The first-order chi connectivity index (χ1) is 14.1. The Hall–Kier alpha value is -2.80. The monoisotopic (exact) mass is 391 g/mol. The first kappa shape index (κ1) is 18.2. The normalized spacial score (nSPS) is 19.9. The second-order valence-corrected chi connectivity index (χ2v) is 8.20. The minimum Gasteiger partial charge on any atom is -0.368 e. The first-order valence-electron chi connectivity index (χ1n) is 10.4. The van der Waals surface area contributed by atoms with E-state index in [-0.39, 0.29) is 17.1 Å². The number of pyridine rings is 2. The Bertz CT molecular complexity index is 960. The van der Waals surface area contributed by atoms with Gasteiger partial charge in [0.15, 0.2) is 5.78 Å². The number of hydrogen-bond donors (Lipinski definition) is 1. The van der Waals surface area contributed by atoms with Crippen molar-refractivity contribution in [3.8, 4) is 0 Å². The lowest BCUT2D eigenvalue weighted by atomic mass is 9.99. The van der Waals surface area contributed by atoms with E-state index in [0.717, 1.165) is 68.2 Å². The minimum absolute atomic E-state index is 0.0759. The molecule has 5 rings (SSSR count). The van der Waals surface area contributed by atoms with Crippen molar-refractivity contribution in [1.82, 2.24) is 14.9 Å². The highest BCUT2D eigenvalue weighted by molar-refractivity contribution is 6.08. The summed E-state index contributed by atoms with van der Waals surface area (Å²) in [5.41, 5.74) is 4.36. The van der Waals surface area contributed by atoms with Gasteiger partial charge in [0.2, 0.25) is 5.91 Å². The number of aromatic nitrogens is 2. The highest BCUT2D eigenvalue weighted by atomic mass is 16.2. The van der Waals surface area contributed by atoms with E-state index in [1.54, 1.807) is 6.20 Å². The Morgan fingerprint density at radius 3 is 2.59 bits per heavy atom. The van der Waals surface area contributed by atoms with Crippen LogP contribution in [0.5, 0.6) is 0 Å². The number of piperazine rings is 1. The van der Waals surface area contributed by atoms with Crippen LogP contribution in [0.15, 0.2) is 30.6 Å². The maximum Gasteiger partial charge on any atom is 0.235 e. The highest BCUT2D eigenvalue weighted by Gasteiger charge is 2.56. The fourth-order valence-electron chi connectivity index (χ4n) is 4.37. The summed E-state index contributed by atoms with van der Waals surface area (Å²) in [5.74, 6) is 0.215. The summed E-state index contributed by atoms with van der Waals surface area (Å²) < 4.78 is 0. The number of hydrogen-bond acceptors (Lipinski definition) is 6. The molecule has 1 saturated heterocycles. The molecule has 7 heteroatoms. The zero-order valence-corrected chi connectivity index (χ0v) is 16.6. The van der Waals surface area contributed by atoms with Crippen LogP contribution in [0.2, 0.25) is 0 Å². The summed E-state index contributed by atoms with van der Waals surface area (Å²) in [6, 6.07) is 5.85. The molecule has 1 saturated carbocycles. The summed E-state index contributed by atoms with van der Waals surface area (Å²) >= 11 is 0. The number of rotatable bonds is 5. The Morgan fingerprint density at radius 1 is 1.14 bits per heavy atom. The van der Waals surface area contributed by atoms with Crippen LogP contribution in [0.1, 0.15) is 47.9 Å². The summed E-state index contributed by atoms with van der Waals surface area (Å²) in [6.07, 6.45) is 6.06. The summed E-state index contributed by atoms with van der Waals surface area (Å²) in [4.78, 5) is 37.6. The number of carbonyl (C=O) groups is 2. The molecule has 0 aromatic carbocycles. The fraction of sp³-hybridized carbons (Fsp3) is 0.455. The number of amides is 1. The predicted octanol–water partition coefficient (Wildman–Crippen LogP) is 2.38. The van der Waals surface area contributed by atoms with Crippen molar-refractivity contribution in [1.29, 1.82) is 0 Å². The van der Waals surface area contributed by atoms with Gasteiger partial charge in [-0.3, -0.25) is 24.5 Å². The molecule has 29 heavy (non-hydrogen) atoms. The van der Waals surface area contributed by atoms with Crippen LogP contribution in [0, 0.1) is 0 Å². The molecule has 1 N–H and O–H groups in total. The second kappa shape index (κ2) is 6.91. The van der Waals surface area contributed by atoms with E-state index in [4.69, 9.17) is 0 Å². The van der Waals surface area contributed by atoms with Gasteiger partial charge in [-0.25, -0.2) is 0 Å². The molecule has 2 aromatic rings. The molecule has 0 bridgehead atoms. The highest BCUT2D eigenvalue weighted by Crippen LogP contribution is 2.54. The Balaban J connectivity index is 1.19. The number of nitrogens with zero attached hydrogens (tertiary/aromatic N) is 4. The van der Waals surface area contributed by atoms with Crippen LogP contribution in [0.4, 0.5) is 11.4 Å². The molecular formula is C22H25N5O2. The van der Waals surface area contributed by atoms with Gasteiger partial charge in [0, 0.05) is 56.6 Å². The van der Waals surface area contributed by atoms with Gasteiger partial charge in [-0.05, 0) is 31.0 Å². The molecule has 7 nitrogen and oxygen atoms in total. The van der Waals surface area contributed by atoms with Gasteiger partial charge < -0.3 is 10.2 Å². The van der Waals surface area contributed by atoms with E-state index in [2.05, 4.69) is 25.1 Å². The molecule has 4 heterocycles. The van der Waals surface area contributed by atoms with Crippen molar-refractivity contribution in [2.75, 3.05) is 36.4 Å². The Labute approximate surface area is 170 Å². The molecule has 1 amide bonds. The van der Waals surface area contributed by atoms with Crippen LogP contribution < -0.4 is 10.2 Å². The Morgan fingerprint density at radius 2 is 1.93 bits per heavy atom. The average Bonchev–Trinajstić information content (AvgIpc) is 3.51. The number of fused-ring (bicyclic) bond motifs is 2. The molecule has 0 atom stereocenters. The van der Waals surface area contributed by atoms with Crippen LogP contribution >= 0.6 is 0 Å². The van der Waals surface area contributed by atoms with Gasteiger partial charge in [-0.15, -0.1) is 0 Å². The number of nitrogens with one attached hydrogen (secondary N) is 1. The van der Waals surface area contributed by atoms with Gasteiger partial charge in [0.25, 0.3) is 0 Å². The van der Waals surface area contributed by atoms with Gasteiger partial charge in [-0.1, -0.05) is 6.92 Å². The molecular weight excluding hydrogens is 366 g/mol. The molecule has 2 fully saturated rings. The lowest BCUT2D eigenvalue weighted by Crippen LogP contribution is -2.46. The molecule has 2 aliphatic heterocycles. The lowest BCUT2D eigenvalue weighted by molar-refractivity contribution is -0.117. The van der Waals surface area contributed by atoms with Gasteiger partial charge in [0.1, 0.15) is 5.69 Å². The van der Waals surface area contributed by atoms with Crippen molar-refractivity contribution >= 4 is 23.1 Å². The fourth-order valence-corrected chi connectivity index (χ4v) is 4.37. The second-order valence-electron chi connectivity index (χ2n) is 8.20. The average molecular weight is 391 g/mol. The largest absolute Gasteiger partial charge is 0.368 e. The maximum atomic E-state index is 12.2. The van der Waals surface area contributed by atoms with Crippen LogP contribution in [0.3, 0.4) is 0 Å². The van der Waals surface area contributed by atoms with E-state index >= 15 is 0 Å². The van der Waals surface area contributed by atoms with Crippen molar-refractivity contribution < 1.29 is 9.59 Å². The standard InChI is InChI=1S/C22H25N5O2/c1-2-20(28)18-4-3-16(12-24-18)27-9-7-26(8-10-27)14-15-11-19-17(13-23-15)22(5-6-22)21(29)25-19/h3-4,11-13H,2,5-10,14H2,1H3,(H,25,29). The zero-order valence-electron chi connectivity index (χ0n) is 16.6. The van der Waals surface area contributed by atoms with Crippen LogP contribution in [-0.4, -0.2) is 52.7 Å². The van der Waals surface area contributed by atoms with Crippen molar-refractivity contribution in [2.24, 2.45) is 0 Å².